The van der Waals surface area contributed by atoms with Crippen molar-refractivity contribution < 1.29 is 9.90 Å². The number of nitrogens with one attached hydrogen (secondary N) is 2. The van der Waals surface area contributed by atoms with Gasteiger partial charge in [0.2, 0.25) is 5.91 Å². The fourth-order valence-corrected chi connectivity index (χ4v) is 4.55. The molecule has 3 heterocycles. The molecule has 2 saturated heterocycles. The molecular weight excluding hydrogens is 406 g/mol. The minimum atomic E-state index is -1.02. The first-order valence-corrected chi connectivity index (χ1v) is 11.5. The molecule has 0 spiro atoms. The molecule has 0 radical (unpaired) electrons. The van der Waals surface area contributed by atoms with Gasteiger partial charge in [-0.25, -0.2) is 4.98 Å². The first kappa shape index (κ1) is 22.5. The second-order valence-corrected chi connectivity index (χ2v) is 9.20. The van der Waals surface area contributed by atoms with E-state index in [2.05, 4.69) is 22.5 Å². The molecule has 0 saturated carbocycles. The Morgan fingerprint density at radius 1 is 1.31 bits per heavy atom. The Morgan fingerprint density at radius 3 is 2.72 bits per heavy atom. The lowest BCUT2D eigenvalue weighted by atomic mass is 9.90. The topological polar surface area (TPSA) is 99.5 Å². The zero-order valence-corrected chi connectivity index (χ0v) is 18.7. The summed E-state index contributed by atoms with van der Waals surface area (Å²) >= 11 is 0. The number of hydrogen-bond acceptors (Lipinski definition) is 6. The molecule has 8 heteroatoms. The number of benzene rings is 1. The van der Waals surface area contributed by atoms with E-state index in [0.29, 0.717) is 38.2 Å². The number of carbonyl (C=O) groups is 1. The maximum atomic E-state index is 12.8. The highest BCUT2D eigenvalue weighted by atomic mass is 16.3. The van der Waals surface area contributed by atoms with Crippen molar-refractivity contribution in [1.29, 1.82) is 0 Å². The molecule has 4 rings (SSSR count). The summed E-state index contributed by atoms with van der Waals surface area (Å²) in [7, 11) is 0. The van der Waals surface area contributed by atoms with E-state index in [1.807, 2.05) is 35.2 Å². The Balaban J connectivity index is 1.30. The van der Waals surface area contributed by atoms with Crippen LogP contribution in [0.3, 0.4) is 0 Å². The number of carbonyl (C=O) groups excluding carboxylic acids is 1. The van der Waals surface area contributed by atoms with Crippen molar-refractivity contribution in [2.75, 3.05) is 31.5 Å². The number of rotatable bonds is 7. The lowest BCUT2D eigenvalue weighted by Crippen LogP contribution is -2.49. The number of piperidine rings is 1. The van der Waals surface area contributed by atoms with E-state index in [-0.39, 0.29) is 30.0 Å². The van der Waals surface area contributed by atoms with Crippen LogP contribution in [0.15, 0.2) is 47.5 Å². The Hall–Kier alpha value is -2.71. The molecule has 1 unspecified atom stereocenters. The minimum absolute atomic E-state index is 0.110. The van der Waals surface area contributed by atoms with Crippen molar-refractivity contribution in [1.82, 2.24) is 19.8 Å². The normalized spacial score (nSPS) is 21.3. The number of anilines is 1. The summed E-state index contributed by atoms with van der Waals surface area (Å²) < 4.78 is 1.47. The van der Waals surface area contributed by atoms with E-state index >= 15 is 0 Å². The monoisotopic (exact) mass is 439 g/mol. The van der Waals surface area contributed by atoms with E-state index in [0.717, 1.165) is 25.1 Å². The molecule has 2 aliphatic heterocycles. The van der Waals surface area contributed by atoms with Crippen LogP contribution in [0, 0.1) is 0 Å². The van der Waals surface area contributed by atoms with E-state index in [9.17, 15) is 14.7 Å². The SMILES string of the molecule is CC(CC(=O)N1CCC(O)(Cn2cnc(N[C@@H]3CCNC3)cc2=O)CC1)c1ccccc1. The number of likely N-dealkylation sites (tertiary alicyclic amines) is 1. The molecule has 1 aromatic heterocycles. The van der Waals surface area contributed by atoms with E-state index in [1.165, 1.54) is 17.0 Å². The number of aromatic nitrogens is 2. The predicted octanol–water partition coefficient (Wildman–Crippen LogP) is 1.56. The lowest BCUT2D eigenvalue weighted by molar-refractivity contribution is -0.136. The summed E-state index contributed by atoms with van der Waals surface area (Å²) in [5.41, 5.74) is -0.0436. The molecule has 32 heavy (non-hydrogen) atoms. The molecule has 8 nitrogen and oxygen atoms in total. The molecule has 0 bridgehead atoms. The van der Waals surface area contributed by atoms with Gasteiger partial charge in [0.15, 0.2) is 0 Å². The number of amides is 1. The molecule has 2 aromatic rings. The fourth-order valence-electron chi connectivity index (χ4n) is 4.55. The van der Waals surface area contributed by atoms with Gasteiger partial charge < -0.3 is 20.6 Å². The zero-order chi connectivity index (χ0) is 22.6. The summed E-state index contributed by atoms with van der Waals surface area (Å²) in [6, 6.07) is 11.8. The highest BCUT2D eigenvalue weighted by Gasteiger charge is 2.35. The molecule has 3 N–H and O–H groups in total. The number of aliphatic hydroxyl groups is 1. The average molecular weight is 440 g/mol. The van der Waals surface area contributed by atoms with Gasteiger partial charge in [-0.2, -0.15) is 0 Å². The Labute approximate surface area is 188 Å². The molecule has 2 atom stereocenters. The average Bonchev–Trinajstić information content (AvgIpc) is 3.30. The summed E-state index contributed by atoms with van der Waals surface area (Å²) in [5.74, 6) is 0.834. The van der Waals surface area contributed by atoms with Crippen molar-refractivity contribution in [3.05, 3.63) is 58.6 Å². The largest absolute Gasteiger partial charge is 0.388 e. The van der Waals surface area contributed by atoms with Gasteiger partial charge in [0.25, 0.3) is 5.56 Å². The molecule has 172 valence electrons. The molecule has 1 aromatic carbocycles. The van der Waals surface area contributed by atoms with Crippen LogP contribution in [-0.2, 0) is 11.3 Å². The lowest BCUT2D eigenvalue weighted by Gasteiger charge is -2.38. The van der Waals surface area contributed by atoms with Crippen LogP contribution in [0.2, 0.25) is 0 Å². The molecule has 0 aliphatic carbocycles. The van der Waals surface area contributed by atoms with Gasteiger partial charge >= 0.3 is 0 Å². The van der Waals surface area contributed by atoms with Crippen LogP contribution in [0.4, 0.5) is 5.82 Å². The molecule has 2 fully saturated rings. The van der Waals surface area contributed by atoms with Crippen LogP contribution < -0.4 is 16.2 Å². The highest BCUT2D eigenvalue weighted by molar-refractivity contribution is 5.77. The summed E-state index contributed by atoms with van der Waals surface area (Å²) in [5, 5.41) is 17.6. The van der Waals surface area contributed by atoms with Gasteiger partial charge in [0.1, 0.15) is 5.82 Å². The summed E-state index contributed by atoms with van der Waals surface area (Å²) in [6.45, 7) is 5.07. The van der Waals surface area contributed by atoms with Crippen LogP contribution in [-0.4, -0.2) is 63.3 Å². The number of hydrogen-bond donors (Lipinski definition) is 3. The van der Waals surface area contributed by atoms with Crippen LogP contribution in [0.25, 0.3) is 0 Å². The van der Waals surface area contributed by atoms with Gasteiger partial charge in [-0.05, 0) is 37.3 Å². The molecular formula is C24H33N5O3. The molecule has 1 amide bonds. The van der Waals surface area contributed by atoms with Crippen LogP contribution >= 0.6 is 0 Å². The van der Waals surface area contributed by atoms with Crippen molar-refractivity contribution in [2.24, 2.45) is 0 Å². The van der Waals surface area contributed by atoms with Gasteiger partial charge in [0.05, 0.1) is 18.5 Å². The molecule has 2 aliphatic rings. The van der Waals surface area contributed by atoms with Crippen molar-refractivity contribution in [2.45, 2.75) is 56.7 Å². The predicted molar refractivity (Wildman–Crippen MR) is 124 cm³/mol. The number of nitrogens with zero attached hydrogens (tertiary/aromatic N) is 3. The van der Waals surface area contributed by atoms with Crippen molar-refractivity contribution in [3.8, 4) is 0 Å². The fraction of sp³-hybridized carbons (Fsp3) is 0.542. The van der Waals surface area contributed by atoms with Gasteiger partial charge in [-0.3, -0.25) is 14.2 Å². The first-order chi connectivity index (χ1) is 15.4. The maximum Gasteiger partial charge on any atom is 0.255 e. The van der Waals surface area contributed by atoms with E-state index in [4.69, 9.17) is 0 Å². The smallest absolute Gasteiger partial charge is 0.255 e. The van der Waals surface area contributed by atoms with Crippen molar-refractivity contribution >= 4 is 11.7 Å². The van der Waals surface area contributed by atoms with E-state index in [1.54, 1.807) is 0 Å². The summed E-state index contributed by atoms with van der Waals surface area (Å²) in [4.78, 5) is 31.5. The third kappa shape index (κ3) is 5.55. The zero-order valence-electron chi connectivity index (χ0n) is 18.7. The maximum absolute atomic E-state index is 12.8. The second-order valence-electron chi connectivity index (χ2n) is 9.20. The van der Waals surface area contributed by atoms with Crippen LogP contribution in [0.1, 0.15) is 44.1 Å². The Bertz CT molecular complexity index is 963. The third-order valence-electron chi connectivity index (χ3n) is 6.65. The minimum Gasteiger partial charge on any atom is -0.388 e. The first-order valence-electron chi connectivity index (χ1n) is 11.5. The summed E-state index contributed by atoms with van der Waals surface area (Å²) in [6.07, 6.45) is 3.85. The highest BCUT2D eigenvalue weighted by Crippen LogP contribution is 2.26. The Kier molecular flexibility index (Phi) is 6.91. The standard InChI is InChI=1S/C24H33N5O3/c1-18(19-5-3-2-4-6-19)13-22(30)28-11-8-24(32,9-12-28)16-29-17-26-21(14-23(29)31)27-20-7-10-25-15-20/h2-6,14,17-18,20,25,27,32H,7-13,15-16H2,1H3/t18?,20-/m1/s1. The van der Waals surface area contributed by atoms with Crippen LogP contribution in [0.5, 0.6) is 0 Å². The third-order valence-corrected chi connectivity index (χ3v) is 6.65. The van der Waals surface area contributed by atoms with Gasteiger partial charge in [0, 0.05) is 38.2 Å². The second kappa shape index (κ2) is 9.83. The van der Waals surface area contributed by atoms with Crippen molar-refractivity contribution in [3.63, 3.8) is 0 Å². The quantitative estimate of drug-likeness (QED) is 0.606. The van der Waals surface area contributed by atoms with Gasteiger partial charge in [-0.15, -0.1) is 0 Å². The van der Waals surface area contributed by atoms with Gasteiger partial charge in [-0.1, -0.05) is 37.3 Å². The van der Waals surface area contributed by atoms with E-state index < -0.39 is 5.60 Å². The Morgan fingerprint density at radius 2 is 2.06 bits per heavy atom.